The maximum Gasteiger partial charge on any atom is 0.231 e. The third kappa shape index (κ3) is 3.52. The van der Waals surface area contributed by atoms with Gasteiger partial charge in [-0.25, -0.2) is 0 Å². The molecule has 2 N–H and O–H groups in total. The average Bonchev–Trinajstić information content (AvgIpc) is 2.66. The molecule has 15 heavy (non-hydrogen) atoms. The molecule has 84 valence electrons. The first-order valence-electron chi connectivity index (χ1n) is 5.56. The summed E-state index contributed by atoms with van der Waals surface area (Å²) in [7, 11) is 0. The van der Waals surface area contributed by atoms with E-state index in [2.05, 4.69) is 11.0 Å². The van der Waals surface area contributed by atoms with Crippen LogP contribution < -0.4 is 5.73 Å². The van der Waals surface area contributed by atoms with Gasteiger partial charge in [0.1, 0.15) is 0 Å². The van der Waals surface area contributed by atoms with E-state index in [1.807, 2.05) is 6.92 Å². The first-order valence-corrected chi connectivity index (χ1v) is 5.56. The summed E-state index contributed by atoms with van der Waals surface area (Å²) in [6.45, 7) is 2.28. The Morgan fingerprint density at radius 2 is 2.20 bits per heavy atom. The van der Waals surface area contributed by atoms with Crippen molar-refractivity contribution in [3.8, 4) is 6.07 Å². The lowest BCUT2D eigenvalue weighted by atomic mass is 10.1. The molecule has 0 aliphatic heterocycles. The van der Waals surface area contributed by atoms with Crippen molar-refractivity contribution in [1.82, 2.24) is 4.90 Å². The topological polar surface area (TPSA) is 70.1 Å². The number of carbonyl (C=O) groups is 1. The van der Waals surface area contributed by atoms with E-state index in [1.54, 1.807) is 0 Å². The van der Waals surface area contributed by atoms with Gasteiger partial charge in [-0.15, -0.1) is 0 Å². The van der Waals surface area contributed by atoms with Crippen molar-refractivity contribution < 1.29 is 4.79 Å². The molecule has 0 saturated heterocycles. The molecule has 1 unspecified atom stereocenters. The molecular weight excluding hydrogens is 190 g/mol. The fourth-order valence-corrected chi connectivity index (χ4v) is 2.31. The lowest BCUT2D eigenvalue weighted by molar-refractivity contribution is -0.120. The molecular formula is C11H19N3O. The number of hydrogen-bond donors (Lipinski definition) is 1. The van der Waals surface area contributed by atoms with Gasteiger partial charge < -0.3 is 5.73 Å². The number of nitriles is 1. The van der Waals surface area contributed by atoms with Crippen LogP contribution in [0, 0.1) is 11.3 Å². The van der Waals surface area contributed by atoms with Crippen LogP contribution in [0.1, 0.15) is 39.0 Å². The summed E-state index contributed by atoms with van der Waals surface area (Å²) in [4.78, 5) is 13.1. The van der Waals surface area contributed by atoms with E-state index in [9.17, 15) is 4.79 Å². The van der Waals surface area contributed by atoms with Gasteiger partial charge in [0, 0.05) is 12.1 Å². The lowest BCUT2D eigenvalue weighted by Gasteiger charge is -2.32. The minimum atomic E-state index is -0.299. The summed E-state index contributed by atoms with van der Waals surface area (Å²) in [6.07, 6.45) is 5.16. The Labute approximate surface area is 91.0 Å². The molecule has 1 aliphatic rings. The van der Waals surface area contributed by atoms with Gasteiger partial charge >= 0.3 is 0 Å². The molecule has 0 bridgehead atoms. The molecule has 1 amide bonds. The zero-order chi connectivity index (χ0) is 11.3. The van der Waals surface area contributed by atoms with Gasteiger partial charge in [0.05, 0.1) is 19.0 Å². The van der Waals surface area contributed by atoms with Crippen LogP contribution in [0.2, 0.25) is 0 Å². The Balaban J connectivity index is 2.59. The number of carbonyl (C=O) groups excluding carboxylic acids is 1. The first-order chi connectivity index (χ1) is 7.15. The first kappa shape index (κ1) is 12.0. The number of nitrogens with zero attached hydrogens (tertiary/aromatic N) is 2. The van der Waals surface area contributed by atoms with E-state index in [-0.39, 0.29) is 18.5 Å². The predicted octanol–water partition coefficient (Wildman–Crippen LogP) is 1.02. The van der Waals surface area contributed by atoms with Crippen molar-refractivity contribution in [2.24, 2.45) is 5.73 Å². The second-order valence-electron chi connectivity index (χ2n) is 4.29. The quantitative estimate of drug-likeness (QED) is 0.734. The highest BCUT2D eigenvalue weighted by molar-refractivity contribution is 5.76. The fraction of sp³-hybridized carbons (Fsp3) is 0.818. The molecule has 0 radical (unpaired) electrons. The van der Waals surface area contributed by atoms with Gasteiger partial charge in [0.2, 0.25) is 5.91 Å². The average molecular weight is 209 g/mol. The van der Waals surface area contributed by atoms with Gasteiger partial charge in [-0.3, -0.25) is 9.69 Å². The molecule has 1 fully saturated rings. The number of nitrogens with two attached hydrogens (primary N) is 1. The minimum Gasteiger partial charge on any atom is -0.369 e. The maximum atomic E-state index is 11.0. The van der Waals surface area contributed by atoms with Gasteiger partial charge in [0.25, 0.3) is 0 Å². The van der Waals surface area contributed by atoms with E-state index in [0.29, 0.717) is 12.5 Å². The monoisotopic (exact) mass is 209 g/mol. The third-order valence-electron chi connectivity index (χ3n) is 3.08. The van der Waals surface area contributed by atoms with Crippen LogP contribution in [0.25, 0.3) is 0 Å². The third-order valence-corrected chi connectivity index (χ3v) is 3.08. The Bertz CT molecular complexity index is 253. The van der Waals surface area contributed by atoms with Crippen molar-refractivity contribution in [2.45, 2.75) is 51.1 Å². The summed E-state index contributed by atoms with van der Waals surface area (Å²) in [5.74, 6) is -0.299. The van der Waals surface area contributed by atoms with Gasteiger partial charge in [-0.05, 0) is 19.8 Å². The van der Waals surface area contributed by atoms with Crippen LogP contribution in [-0.4, -0.2) is 29.4 Å². The normalized spacial score (nSPS) is 19.0. The molecule has 0 heterocycles. The lowest BCUT2D eigenvalue weighted by Crippen LogP contribution is -2.45. The molecule has 0 aromatic heterocycles. The van der Waals surface area contributed by atoms with Crippen molar-refractivity contribution in [1.29, 1.82) is 5.26 Å². The minimum absolute atomic E-state index is 0.130. The number of hydrogen-bond acceptors (Lipinski definition) is 3. The SMILES string of the molecule is CC(CC#N)N(CC(N)=O)C1CCCC1. The van der Waals surface area contributed by atoms with Gasteiger partial charge in [-0.1, -0.05) is 12.8 Å². The zero-order valence-corrected chi connectivity index (χ0v) is 9.28. The van der Waals surface area contributed by atoms with Crippen molar-refractivity contribution >= 4 is 5.91 Å². The molecule has 1 rings (SSSR count). The van der Waals surface area contributed by atoms with Gasteiger partial charge in [-0.2, -0.15) is 5.26 Å². The van der Waals surface area contributed by atoms with Crippen molar-refractivity contribution in [3.63, 3.8) is 0 Å². The molecule has 4 heteroatoms. The molecule has 0 spiro atoms. The van der Waals surface area contributed by atoms with Crippen LogP contribution >= 0.6 is 0 Å². The summed E-state index contributed by atoms with van der Waals surface area (Å²) in [5.41, 5.74) is 5.23. The Kier molecular flexibility index (Phi) is 4.57. The second-order valence-corrected chi connectivity index (χ2v) is 4.29. The van der Waals surface area contributed by atoms with Crippen LogP contribution in [-0.2, 0) is 4.79 Å². The fourth-order valence-electron chi connectivity index (χ4n) is 2.31. The smallest absolute Gasteiger partial charge is 0.231 e. The second kappa shape index (κ2) is 5.72. The number of primary amides is 1. The predicted molar refractivity (Wildman–Crippen MR) is 57.8 cm³/mol. The van der Waals surface area contributed by atoms with Crippen LogP contribution in [0.5, 0.6) is 0 Å². The van der Waals surface area contributed by atoms with Crippen LogP contribution in [0.4, 0.5) is 0 Å². The molecule has 1 atom stereocenters. The zero-order valence-electron chi connectivity index (χ0n) is 9.28. The largest absolute Gasteiger partial charge is 0.369 e. The molecule has 1 saturated carbocycles. The summed E-state index contributed by atoms with van der Waals surface area (Å²) < 4.78 is 0. The highest BCUT2D eigenvalue weighted by Gasteiger charge is 2.27. The van der Waals surface area contributed by atoms with E-state index in [1.165, 1.54) is 12.8 Å². The Morgan fingerprint density at radius 3 is 2.67 bits per heavy atom. The summed E-state index contributed by atoms with van der Waals surface area (Å²) in [6, 6.07) is 2.73. The number of amides is 1. The van der Waals surface area contributed by atoms with E-state index < -0.39 is 0 Å². The van der Waals surface area contributed by atoms with Crippen molar-refractivity contribution in [2.75, 3.05) is 6.54 Å². The van der Waals surface area contributed by atoms with E-state index >= 15 is 0 Å². The molecule has 0 aromatic rings. The Hall–Kier alpha value is -1.08. The van der Waals surface area contributed by atoms with Gasteiger partial charge in [0.15, 0.2) is 0 Å². The maximum absolute atomic E-state index is 11.0. The summed E-state index contributed by atoms with van der Waals surface area (Å²) in [5, 5.41) is 8.67. The highest BCUT2D eigenvalue weighted by atomic mass is 16.1. The number of rotatable bonds is 5. The van der Waals surface area contributed by atoms with Crippen LogP contribution in [0.15, 0.2) is 0 Å². The Morgan fingerprint density at radius 1 is 1.60 bits per heavy atom. The standard InChI is InChI=1S/C11H19N3O/c1-9(6-7-12)14(8-11(13)15)10-4-2-3-5-10/h9-10H,2-6,8H2,1H3,(H2,13,15). The molecule has 0 aromatic carbocycles. The molecule has 4 nitrogen and oxygen atoms in total. The van der Waals surface area contributed by atoms with Crippen LogP contribution in [0.3, 0.4) is 0 Å². The van der Waals surface area contributed by atoms with E-state index in [0.717, 1.165) is 12.8 Å². The van der Waals surface area contributed by atoms with E-state index in [4.69, 9.17) is 11.0 Å². The van der Waals surface area contributed by atoms with Crippen molar-refractivity contribution in [3.05, 3.63) is 0 Å². The highest BCUT2D eigenvalue weighted by Crippen LogP contribution is 2.25. The summed E-state index contributed by atoms with van der Waals surface area (Å²) >= 11 is 0. The molecule has 1 aliphatic carbocycles.